The smallest absolute Gasteiger partial charge is 0.508 e. The first-order chi connectivity index (χ1) is 14.8. The summed E-state index contributed by atoms with van der Waals surface area (Å²) in [6, 6.07) is 14.7. The van der Waals surface area contributed by atoms with Gasteiger partial charge in [0, 0.05) is 32.7 Å². The van der Waals surface area contributed by atoms with Crippen LogP contribution in [0.3, 0.4) is 0 Å². The quantitative estimate of drug-likeness (QED) is 0.224. The number of phenolic OH excluding ortho intramolecular Hbond substituents is 1. The lowest BCUT2D eigenvalue weighted by Gasteiger charge is -2.12. The normalized spacial score (nSPS) is 10.8. The molecule has 0 aliphatic carbocycles. The molecule has 0 fully saturated rings. The first-order valence-electron chi connectivity index (χ1n) is 8.77. The molecule has 0 atom stereocenters. The number of aromatic nitrogens is 1. The van der Waals surface area contributed by atoms with Crippen molar-refractivity contribution in [3.05, 3.63) is 75.0 Å². The Morgan fingerprint density at radius 3 is 2.35 bits per heavy atom. The van der Waals surface area contributed by atoms with Crippen molar-refractivity contribution in [2.45, 2.75) is 0 Å². The van der Waals surface area contributed by atoms with E-state index in [9.17, 15) is 15.0 Å². The Morgan fingerprint density at radius 1 is 0.871 bits per heavy atom. The van der Waals surface area contributed by atoms with Crippen LogP contribution in [-0.2, 0) is 0 Å². The molecule has 3 aromatic carbocycles. The monoisotopic (exact) mass is 491 g/mol. The standard InChI is InChI=1S/C22H12Cl3NO4S/c23-16-6-3-13(27)9-15(16)14-4-1-12(8-20(14)30-22(28)29)21-26-19(10-31-21)11-2-5-17(24)18(25)7-11/h1-10,27H,(H,28,29). The molecule has 0 aliphatic rings. The number of nitrogens with zero attached hydrogens (tertiary/aromatic N) is 1. The number of phenols is 1. The fourth-order valence-corrected chi connectivity index (χ4v) is 4.31. The van der Waals surface area contributed by atoms with Gasteiger partial charge in [-0.25, -0.2) is 9.78 Å². The van der Waals surface area contributed by atoms with Crippen LogP contribution in [-0.4, -0.2) is 21.4 Å². The number of rotatable bonds is 4. The lowest BCUT2D eigenvalue weighted by molar-refractivity contribution is 0.144. The van der Waals surface area contributed by atoms with Crippen LogP contribution in [0, 0.1) is 0 Å². The van der Waals surface area contributed by atoms with Crippen LogP contribution in [0.4, 0.5) is 4.79 Å². The number of hydrogen-bond donors (Lipinski definition) is 2. The minimum atomic E-state index is -1.47. The van der Waals surface area contributed by atoms with Gasteiger partial charge in [0.1, 0.15) is 16.5 Å². The fourth-order valence-electron chi connectivity index (χ4n) is 2.97. The van der Waals surface area contributed by atoms with Gasteiger partial charge in [-0.2, -0.15) is 0 Å². The van der Waals surface area contributed by atoms with E-state index in [4.69, 9.17) is 39.5 Å². The number of hydrogen-bond acceptors (Lipinski definition) is 5. The third-order valence-electron chi connectivity index (χ3n) is 4.39. The van der Waals surface area contributed by atoms with Gasteiger partial charge in [-0.05, 0) is 42.5 Å². The van der Waals surface area contributed by atoms with Crippen molar-refractivity contribution in [3.8, 4) is 44.5 Å². The number of carboxylic acid groups (broad SMARTS) is 1. The molecule has 0 aliphatic heterocycles. The zero-order valence-electron chi connectivity index (χ0n) is 15.5. The first-order valence-corrected chi connectivity index (χ1v) is 10.8. The first kappa shape index (κ1) is 21.5. The Labute approximate surface area is 196 Å². The van der Waals surface area contributed by atoms with Crippen molar-refractivity contribution in [2.24, 2.45) is 0 Å². The van der Waals surface area contributed by atoms with Crippen molar-refractivity contribution < 1.29 is 19.7 Å². The topological polar surface area (TPSA) is 79.7 Å². The molecule has 0 saturated carbocycles. The van der Waals surface area contributed by atoms with Crippen LogP contribution in [0.1, 0.15) is 0 Å². The molecular weight excluding hydrogens is 481 g/mol. The molecule has 1 aromatic heterocycles. The zero-order chi connectivity index (χ0) is 22.1. The minimum Gasteiger partial charge on any atom is -0.508 e. The van der Waals surface area contributed by atoms with Gasteiger partial charge in [-0.15, -0.1) is 11.3 Å². The molecule has 2 N–H and O–H groups in total. The average molecular weight is 493 g/mol. The summed E-state index contributed by atoms with van der Waals surface area (Å²) in [4.78, 5) is 15.9. The Bertz CT molecular complexity index is 1310. The molecule has 0 radical (unpaired) electrons. The van der Waals surface area contributed by atoms with Gasteiger partial charge in [0.15, 0.2) is 0 Å². The van der Waals surface area contributed by atoms with E-state index in [1.807, 2.05) is 11.4 Å². The molecule has 0 spiro atoms. The van der Waals surface area contributed by atoms with Crippen LogP contribution >= 0.6 is 46.1 Å². The Morgan fingerprint density at radius 2 is 1.61 bits per heavy atom. The highest BCUT2D eigenvalue weighted by molar-refractivity contribution is 7.13. The predicted octanol–water partition coefficient (Wildman–Crippen LogP) is 7.87. The third-order valence-corrected chi connectivity index (χ3v) is 6.35. The van der Waals surface area contributed by atoms with Gasteiger partial charge < -0.3 is 14.9 Å². The van der Waals surface area contributed by atoms with E-state index in [1.165, 1.54) is 29.5 Å². The summed E-state index contributed by atoms with van der Waals surface area (Å²) in [5.74, 6) is 0.0692. The summed E-state index contributed by atoms with van der Waals surface area (Å²) in [5.41, 5.74) is 3.04. The summed E-state index contributed by atoms with van der Waals surface area (Å²) in [6.07, 6.45) is -1.47. The van der Waals surface area contributed by atoms with Crippen LogP contribution < -0.4 is 4.74 Å². The molecule has 0 amide bonds. The number of ether oxygens (including phenoxy) is 1. The largest absolute Gasteiger partial charge is 0.511 e. The van der Waals surface area contributed by atoms with Gasteiger partial charge in [0.2, 0.25) is 0 Å². The minimum absolute atomic E-state index is 0.00376. The molecule has 31 heavy (non-hydrogen) atoms. The van der Waals surface area contributed by atoms with Crippen molar-refractivity contribution in [1.82, 2.24) is 4.98 Å². The molecule has 0 saturated heterocycles. The molecule has 1 heterocycles. The summed E-state index contributed by atoms with van der Waals surface area (Å²) < 4.78 is 5.00. The van der Waals surface area contributed by atoms with E-state index in [2.05, 4.69) is 4.98 Å². The van der Waals surface area contributed by atoms with Gasteiger partial charge in [-0.1, -0.05) is 46.9 Å². The summed E-state index contributed by atoms with van der Waals surface area (Å²) >= 11 is 19.7. The lowest BCUT2D eigenvalue weighted by atomic mass is 10.0. The van der Waals surface area contributed by atoms with Crippen molar-refractivity contribution in [2.75, 3.05) is 0 Å². The average Bonchev–Trinajstić information content (AvgIpc) is 3.22. The summed E-state index contributed by atoms with van der Waals surface area (Å²) in [7, 11) is 0. The SMILES string of the molecule is O=C(O)Oc1cc(-c2nc(-c3ccc(Cl)c(Cl)c3)cs2)ccc1-c1cc(O)ccc1Cl. The van der Waals surface area contributed by atoms with Crippen molar-refractivity contribution >= 4 is 52.3 Å². The summed E-state index contributed by atoms with van der Waals surface area (Å²) in [5, 5.41) is 22.7. The number of benzene rings is 3. The maximum atomic E-state index is 11.3. The highest BCUT2D eigenvalue weighted by Gasteiger charge is 2.17. The molecular formula is C22H12Cl3NO4S. The number of carbonyl (C=O) groups is 1. The molecule has 156 valence electrons. The van der Waals surface area contributed by atoms with E-state index < -0.39 is 6.16 Å². The Hall–Kier alpha value is -2.77. The highest BCUT2D eigenvalue weighted by Crippen LogP contribution is 2.40. The van der Waals surface area contributed by atoms with E-state index in [-0.39, 0.29) is 11.5 Å². The second-order valence-corrected chi connectivity index (χ2v) is 8.49. The van der Waals surface area contributed by atoms with Crippen molar-refractivity contribution in [3.63, 3.8) is 0 Å². The molecule has 5 nitrogen and oxygen atoms in total. The maximum absolute atomic E-state index is 11.3. The second kappa shape index (κ2) is 8.77. The fraction of sp³-hybridized carbons (Fsp3) is 0. The second-order valence-electron chi connectivity index (χ2n) is 6.41. The van der Waals surface area contributed by atoms with Gasteiger partial charge >= 0.3 is 6.16 Å². The van der Waals surface area contributed by atoms with E-state index in [0.29, 0.717) is 42.5 Å². The molecule has 4 rings (SSSR count). The number of aromatic hydroxyl groups is 1. The molecule has 0 unspecified atom stereocenters. The van der Waals surface area contributed by atoms with Crippen molar-refractivity contribution in [1.29, 1.82) is 0 Å². The number of halogens is 3. The maximum Gasteiger partial charge on any atom is 0.511 e. The van der Waals surface area contributed by atoms with Crippen LogP contribution in [0.5, 0.6) is 11.5 Å². The predicted molar refractivity (Wildman–Crippen MR) is 124 cm³/mol. The van der Waals surface area contributed by atoms with Crippen LogP contribution in [0.25, 0.3) is 33.0 Å². The number of thiazole rings is 1. The van der Waals surface area contributed by atoms with E-state index in [1.54, 1.807) is 30.3 Å². The third kappa shape index (κ3) is 4.62. The van der Waals surface area contributed by atoms with Crippen LogP contribution in [0.15, 0.2) is 60.0 Å². The zero-order valence-corrected chi connectivity index (χ0v) is 18.6. The Kier molecular flexibility index (Phi) is 6.07. The molecule has 4 aromatic rings. The molecule has 9 heteroatoms. The Balaban J connectivity index is 1.76. The van der Waals surface area contributed by atoms with Gasteiger partial charge in [0.05, 0.1) is 15.7 Å². The van der Waals surface area contributed by atoms with Gasteiger partial charge in [0.25, 0.3) is 0 Å². The summed E-state index contributed by atoms with van der Waals surface area (Å²) in [6.45, 7) is 0. The van der Waals surface area contributed by atoms with Gasteiger partial charge in [-0.3, -0.25) is 0 Å². The molecule has 0 bridgehead atoms. The van der Waals surface area contributed by atoms with E-state index in [0.717, 1.165) is 5.56 Å². The lowest BCUT2D eigenvalue weighted by Crippen LogP contribution is -2.04. The van der Waals surface area contributed by atoms with E-state index >= 15 is 0 Å². The van der Waals surface area contributed by atoms with Crippen LogP contribution in [0.2, 0.25) is 15.1 Å². The highest BCUT2D eigenvalue weighted by atomic mass is 35.5.